The first-order valence-electron chi connectivity index (χ1n) is 6.15. The predicted octanol–water partition coefficient (Wildman–Crippen LogP) is 5.53. The van der Waals surface area contributed by atoms with Crippen LogP contribution in [0.3, 0.4) is 0 Å². The molecule has 0 aliphatic carbocycles. The minimum atomic E-state index is -0.485. The molecule has 0 atom stereocenters. The quantitative estimate of drug-likeness (QED) is 0.558. The molecule has 3 rings (SSSR count). The van der Waals surface area contributed by atoms with E-state index in [0.717, 1.165) is 21.5 Å². The molecule has 1 aromatic heterocycles. The summed E-state index contributed by atoms with van der Waals surface area (Å²) in [6.07, 6.45) is 0. The Hall–Kier alpha value is -1.65. The summed E-state index contributed by atoms with van der Waals surface area (Å²) in [5.41, 5.74) is 1.79. The number of carbonyl (C=O) groups excluding carboxylic acids is 1. The van der Waals surface area contributed by atoms with Crippen molar-refractivity contribution < 1.29 is 13.6 Å². The first-order chi connectivity index (χ1) is 9.95. The highest BCUT2D eigenvalue weighted by molar-refractivity contribution is 9.10. The van der Waals surface area contributed by atoms with Crippen LogP contribution in [-0.4, -0.2) is 5.78 Å². The van der Waals surface area contributed by atoms with E-state index in [1.165, 1.54) is 12.1 Å². The smallest absolute Gasteiger partial charge is 0.229 e. The van der Waals surface area contributed by atoms with Gasteiger partial charge in [-0.1, -0.05) is 27.5 Å². The average Bonchev–Trinajstić information content (AvgIpc) is 2.82. The molecule has 0 saturated carbocycles. The van der Waals surface area contributed by atoms with E-state index >= 15 is 0 Å². The topological polar surface area (TPSA) is 30.2 Å². The number of rotatable bonds is 2. The molecule has 0 aliphatic rings. The summed E-state index contributed by atoms with van der Waals surface area (Å²) in [5, 5.41) is 0.891. The van der Waals surface area contributed by atoms with E-state index in [4.69, 9.17) is 16.0 Å². The Bertz CT molecular complexity index is 870. The molecule has 0 aliphatic heterocycles. The zero-order chi connectivity index (χ0) is 15.1. The third-order valence-corrected chi connectivity index (χ3v) is 3.94. The zero-order valence-electron chi connectivity index (χ0n) is 10.9. The highest BCUT2D eigenvalue weighted by Crippen LogP contribution is 2.29. The van der Waals surface area contributed by atoms with Gasteiger partial charge in [-0.2, -0.15) is 0 Å². The average molecular weight is 368 g/mol. The lowest BCUT2D eigenvalue weighted by Gasteiger charge is -2.00. The molecular formula is C16H9BrClFO2. The van der Waals surface area contributed by atoms with Crippen LogP contribution in [0.5, 0.6) is 0 Å². The van der Waals surface area contributed by atoms with Crippen molar-refractivity contribution in [3.05, 3.63) is 68.6 Å². The Morgan fingerprint density at radius 3 is 2.71 bits per heavy atom. The largest absolute Gasteiger partial charge is 0.452 e. The minimum absolute atomic E-state index is 0.0679. The normalized spacial score (nSPS) is 11.0. The van der Waals surface area contributed by atoms with Gasteiger partial charge in [0.25, 0.3) is 0 Å². The Kier molecular flexibility index (Phi) is 3.59. The number of hydrogen-bond donors (Lipinski definition) is 0. The number of halogens is 3. The lowest BCUT2D eigenvalue weighted by Crippen LogP contribution is -2.00. The maximum atomic E-state index is 13.1. The van der Waals surface area contributed by atoms with Gasteiger partial charge >= 0.3 is 0 Å². The van der Waals surface area contributed by atoms with E-state index in [1.54, 1.807) is 6.07 Å². The molecule has 5 heteroatoms. The standard InChI is InChI=1S/C16H9BrClFO2/c1-8-4-10(17)5-9-6-14(21-16(8)9)15(20)12-3-2-11(19)7-13(12)18/h2-7H,1H3. The number of aryl methyl sites for hydroxylation is 1. The second-order valence-corrected chi connectivity index (χ2v) is 6.03. The molecule has 0 spiro atoms. The molecule has 2 nitrogen and oxygen atoms in total. The van der Waals surface area contributed by atoms with Crippen molar-refractivity contribution >= 4 is 44.3 Å². The SMILES string of the molecule is Cc1cc(Br)cc2cc(C(=O)c3ccc(F)cc3Cl)oc12. The van der Waals surface area contributed by atoms with E-state index in [1.807, 2.05) is 19.1 Å². The Balaban J connectivity index is 2.11. The fraction of sp³-hybridized carbons (Fsp3) is 0.0625. The van der Waals surface area contributed by atoms with Crippen molar-refractivity contribution in [3.63, 3.8) is 0 Å². The monoisotopic (exact) mass is 366 g/mol. The van der Waals surface area contributed by atoms with Gasteiger partial charge in [-0.25, -0.2) is 4.39 Å². The van der Waals surface area contributed by atoms with Gasteiger partial charge in [0.2, 0.25) is 5.78 Å². The van der Waals surface area contributed by atoms with Crippen LogP contribution < -0.4 is 0 Å². The highest BCUT2D eigenvalue weighted by atomic mass is 79.9. The Morgan fingerprint density at radius 2 is 2.00 bits per heavy atom. The van der Waals surface area contributed by atoms with Crippen LogP contribution in [0.25, 0.3) is 11.0 Å². The van der Waals surface area contributed by atoms with Crippen LogP contribution in [0.15, 0.2) is 45.3 Å². The molecule has 0 bridgehead atoms. The lowest BCUT2D eigenvalue weighted by atomic mass is 10.1. The number of furan rings is 1. The molecule has 106 valence electrons. The van der Waals surface area contributed by atoms with E-state index in [2.05, 4.69) is 15.9 Å². The summed E-state index contributed by atoms with van der Waals surface area (Å²) in [5.74, 6) is -0.674. The molecule has 0 N–H and O–H groups in total. The third-order valence-electron chi connectivity index (χ3n) is 3.17. The lowest BCUT2D eigenvalue weighted by molar-refractivity contribution is 0.101. The summed E-state index contributed by atoms with van der Waals surface area (Å²) >= 11 is 9.32. The summed E-state index contributed by atoms with van der Waals surface area (Å²) in [6.45, 7) is 1.90. The molecule has 0 radical (unpaired) electrons. The second-order valence-electron chi connectivity index (χ2n) is 4.70. The van der Waals surface area contributed by atoms with E-state index in [-0.39, 0.29) is 22.1 Å². The molecule has 2 aromatic carbocycles. The van der Waals surface area contributed by atoms with Gasteiger partial charge in [0, 0.05) is 15.4 Å². The van der Waals surface area contributed by atoms with E-state index < -0.39 is 5.82 Å². The summed E-state index contributed by atoms with van der Waals surface area (Å²) in [4.78, 5) is 12.4. The van der Waals surface area contributed by atoms with Gasteiger partial charge < -0.3 is 4.42 Å². The van der Waals surface area contributed by atoms with Crippen LogP contribution in [0.1, 0.15) is 21.7 Å². The van der Waals surface area contributed by atoms with Crippen molar-refractivity contribution in [2.45, 2.75) is 6.92 Å². The predicted molar refractivity (Wildman–Crippen MR) is 83.5 cm³/mol. The summed E-state index contributed by atoms with van der Waals surface area (Å²) < 4.78 is 19.6. The van der Waals surface area contributed by atoms with Crippen molar-refractivity contribution in [2.75, 3.05) is 0 Å². The fourth-order valence-electron chi connectivity index (χ4n) is 2.20. The van der Waals surface area contributed by atoms with Crippen LogP contribution in [0.4, 0.5) is 4.39 Å². The van der Waals surface area contributed by atoms with Gasteiger partial charge in [-0.05, 0) is 48.9 Å². The first kappa shape index (κ1) is 14.3. The van der Waals surface area contributed by atoms with Crippen LogP contribution in [0, 0.1) is 12.7 Å². The molecule has 1 heterocycles. The Morgan fingerprint density at radius 1 is 1.24 bits per heavy atom. The zero-order valence-corrected chi connectivity index (χ0v) is 13.3. The number of ketones is 1. The van der Waals surface area contributed by atoms with Crippen molar-refractivity contribution in [1.29, 1.82) is 0 Å². The third kappa shape index (κ3) is 2.61. The molecule has 0 fully saturated rings. The van der Waals surface area contributed by atoms with Crippen LogP contribution >= 0.6 is 27.5 Å². The number of hydrogen-bond acceptors (Lipinski definition) is 2. The first-order valence-corrected chi connectivity index (χ1v) is 7.32. The molecule has 21 heavy (non-hydrogen) atoms. The number of benzene rings is 2. The van der Waals surface area contributed by atoms with Crippen LogP contribution in [-0.2, 0) is 0 Å². The highest BCUT2D eigenvalue weighted by Gasteiger charge is 2.18. The van der Waals surface area contributed by atoms with Gasteiger partial charge in [-0.3, -0.25) is 4.79 Å². The minimum Gasteiger partial charge on any atom is -0.452 e. The maximum absolute atomic E-state index is 13.1. The maximum Gasteiger partial charge on any atom is 0.229 e. The van der Waals surface area contributed by atoms with Crippen molar-refractivity contribution in [2.24, 2.45) is 0 Å². The van der Waals surface area contributed by atoms with Gasteiger partial charge in [-0.15, -0.1) is 0 Å². The summed E-state index contributed by atoms with van der Waals surface area (Å²) in [6, 6.07) is 9.10. The molecule has 0 amide bonds. The Labute approximate surface area is 133 Å². The van der Waals surface area contributed by atoms with Gasteiger partial charge in [0.15, 0.2) is 5.76 Å². The number of carbonyl (C=O) groups is 1. The van der Waals surface area contributed by atoms with Crippen LogP contribution in [0.2, 0.25) is 5.02 Å². The second kappa shape index (κ2) is 5.28. The number of fused-ring (bicyclic) bond motifs is 1. The van der Waals surface area contributed by atoms with Crippen molar-refractivity contribution in [3.8, 4) is 0 Å². The molecule has 3 aromatic rings. The van der Waals surface area contributed by atoms with Gasteiger partial charge in [0.1, 0.15) is 11.4 Å². The van der Waals surface area contributed by atoms with Gasteiger partial charge in [0.05, 0.1) is 5.02 Å². The molecular weight excluding hydrogens is 359 g/mol. The fourth-order valence-corrected chi connectivity index (χ4v) is 3.04. The summed E-state index contributed by atoms with van der Waals surface area (Å²) in [7, 11) is 0. The van der Waals surface area contributed by atoms with E-state index in [0.29, 0.717) is 5.58 Å². The van der Waals surface area contributed by atoms with Crippen molar-refractivity contribution in [1.82, 2.24) is 0 Å². The molecule has 0 unspecified atom stereocenters. The molecule has 0 saturated heterocycles. The van der Waals surface area contributed by atoms with E-state index in [9.17, 15) is 9.18 Å².